The molecule has 0 aliphatic heterocycles. The van der Waals surface area contributed by atoms with E-state index in [-0.39, 0.29) is 30.7 Å². The third-order valence-electron chi connectivity index (χ3n) is 6.04. The van der Waals surface area contributed by atoms with Gasteiger partial charge in [0.1, 0.15) is 12.4 Å². The lowest BCUT2D eigenvalue weighted by Crippen LogP contribution is -2.40. The number of anilines is 1. The molecule has 3 rings (SSSR count). The summed E-state index contributed by atoms with van der Waals surface area (Å²) >= 11 is 1.21. The first-order valence-electron chi connectivity index (χ1n) is 12.8. The Hall–Kier alpha value is -3.99. The van der Waals surface area contributed by atoms with Gasteiger partial charge in [-0.15, -0.1) is 11.3 Å². The second-order valence-electron chi connectivity index (χ2n) is 9.71. The fourth-order valence-electron chi connectivity index (χ4n) is 3.96. The van der Waals surface area contributed by atoms with Crippen LogP contribution in [0.4, 0.5) is 9.52 Å². The standard InChI is InChI=1S/C29H35FN4O5S/c1-19(2)16-34(28(37)21-7-9-22(30)10-8-21)17-26(35)32-29-31-23(18-40-29)15-27(36)33(3)13-12-20-6-11-24(38-4)25(14-20)39-5/h6-11,14,18-19H,12-13,15-17H2,1-5H3,(H,31,32,35). The van der Waals surface area contributed by atoms with Crippen molar-refractivity contribution in [1.82, 2.24) is 14.8 Å². The van der Waals surface area contributed by atoms with Crippen LogP contribution in [0.25, 0.3) is 0 Å². The molecule has 9 nitrogen and oxygen atoms in total. The summed E-state index contributed by atoms with van der Waals surface area (Å²) in [4.78, 5) is 45.9. The second kappa shape index (κ2) is 14.4. The van der Waals surface area contributed by atoms with Crippen LogP contribution >= 0.6 is 11.3 Å². The summed E-state index contributed by atoms with van der Waals surface area (Å²) in [5.41, 5.74) is 1.87. The molecule has 0 atom stereocenters. The molecule has 1 aromatic heterocycles. The number of methoxy groups -OCH3 is 2. The van der Waals surface area contributed by atoms with Crippen molar-refractivity contribution in [2.24, 2.45) is 5.92 Å². The molecule has 3 amide bonds. The van der Waals surface area contributed by atoms with E-state index in [0.717, 1.165) is 5.56 Å². The molecule has 1 heterocycles. The number of nitrogens with zero attached hydrogens (tertiary/aromatic N) is 3. The molecule has 0 radical (unpaired) electrons. The first-order chi connectivity index (χ1) is 19.1. The molecule has 0 spiro atoms. The van der Waals surface area contributed by atoms with E-state index in [2.05, 4.69) is 10.3 Å². The van der Waals surface area contributed by atoms with Crippen molar-refractivity contribution < 1.29 is 28.2 Å². The molecule has 0 saturated heterocycles. The number of halogens is 1. The van der Waals surface area contributed by atoms with Crippen molar-refractivity contribution in [2.75, 3.05) is 46.2 Å². The number of amides is 3. The van der Waals surface area contributed by atoms with Gasteiger partial charge in [0.15, 0.2) is 16.6 Å². The van der Waals surface area contributed by atoms with E-state index in [1.807, 2.05) is 32.0 Å². The van der Waals surface area contributed by atoms with Crippen LogP contribution < -0.4 is 14.8 Å². The van der Waals surface area contributed by atoms with Crippen molar-refractivity contribution >= 4 is 34.2 Å². The largest absolute Gasteiger partial charge is 0.493 e. The highest BCUT2D eigenvalue weighted by molar-refractivity contribution is 7.13. The molecule has 0 unspecified atom stereocenters. The highest BCUT2D eigenvalue weighted by Gasteiger charge is 2.21. The van der Waals surface area contributed by atoms with Crippen LogP contribution in [0.2, 0.25) is 0 Å². The predicted molar refractivity (Wildman–Crippen MR) is 152 cm³/mol. The first-order valence-corrected chi connectivity index (χ1v) is 13.7. The molecular formula is C29H35FN4O5S. The van der Waals surface area contributed by atoms with E-state index in [1.165, 1.54) is 40.5 Å². The molecule has 11 heteroatoms. The number of hydrogen-bond acceptors (Lipinski definition) is 7. The number of aromatic nitrogens is 1. The van der Waals surface area contributed by atoms with Gasteiger partial charge in [0, 0.05) is 31.1 Å². The predicted octanol–water partition coefficient (Wildman–Crippen LogP) is 4.28. The van der Waals surface area contributed by atoms with E-state index in [0.29, 0.717) is 47.4 Å². The molecule has 40 heavy (non-hydrogen) atoms. The monoisotopic (exact) mass is 570 g/mol. The van der Waals surface area contributed by atoms with Crippen LogP contribution in [-0.4, -0.2) is 73.4 Å². The Morgan fingerprint density at radius 2 is 1.75 bits per heavy atom. The van der Waals surface area contributed by atoms with E-state index < -0.39 is 11.7 Å². The molecule has 0 aliphatic carbocycles. The minimum Gasteiger partial charge on any atom is -0.493 e. The molecule has 1 N–H and O–H groups in total. The second-order valence-corrected chi connectivity index (χ2v) is 10.6. The van der Waals surface area contributed by atoms with Gasteiger partial charge in [0.25, 0.3) is 5.91 Å². The summed E-state index contributed by atoms with van der Waals surface area (Å²) in [6.45, 7) is 4.57. The minimum absolute atomic E-state index is 0.0946. The van der Waals surface area contributed by atoms with Crippen LogP contribution in [0, 0.1) is 11.7 Å². The van der Waals surface area contributed by atoms with Crippen molar-refractivity contribution in [3.8, 4) is 11.5 Å². The van der Waals surface area contributed by atoms with E-state index in [4.69, 9.17) is 9.47 Å². The Balaban J connectivity index is 1.53. The van der Waals surface area contributed by atoms with Gasteiger partial charge < -0.3 is 24.6 Å². The smallest absolute Gasteiger partial charge is 0.254 e. The summed E-state index contributed by atoms with van der Waals surface area (Å²) in [6.07, 6.45) is 0.738. The lowest BCUT2D eigenvalue weighted by atomic mass is 10.1. The van der Waals surface area contributed by atoms with Gasteiger partial charge in [0.2, 0.25) is 11.8 Å². The summed E-state index contributed by atoms with van der Waals surface area (Å²) in [7, 11) is 4.90. The van der Waals surface area contributed by atoms with Gasteiger partial charge in [-0.2, -0.15) is 0 Å². The van der Waals surface area contributed by atoms with E-state index in [1.54, 1.807) is 31.5 Å². The zero-order chi connectivity index (χ0) is 29.2. The Bertz CT molecular complexity index is 1310. The van der Waals surface area contributed by atoms with Crippen LogP contribution in [0.15, 0.2) is 47.8 Å². The number of nitrogens with one attached hydrogen (secondary N) is 1. The van der Waals surface area contributed by atoms with Crippen LogP contribution in [0.1, 0.15) is 35.5 Å². The number of thiazole rings is 1. The fraction of sp³-hybridized carbons (Fsp3) is 0.379. The van der Waals surface area contributed by atoms with Crippen molar-refractivity contribution in [2.45, 2.75) is 26.7 Å². The third kappa shape index (κ3) is 8.77. The van der Waals surface area contributed by atoms with E-state index in [9.17, 15) is 18.8 Å². The molecule has 0 fully saturated rings. The van der Waals surface area contributed by atoms with Gasteiger partial charge in [-0.3, -0.25) is 14.4 Å². The Morgan fingerprint density at radius 1 is 1.05 bits per heavy atom. The highest BCUT2D eigenvalue weighted by Crippen LogP contribution is 2.27. The summed E-state index contributed by atoms with van der Waals surface area (Å²) in [5, 5.41) is 4.79. The van der Waals surface area contributed by atoms with Gasteiger partial charge >= 0.3 is 0 Å². The number of carbonyl (C=O) groups is 3. The summed E-state index contributed by atoms with van der Waals surface area (Å²) in [6, 6.07) is 10.9. The van der Waals surface area contributed by atoms with Crippen LogP contribution in [-0.2, 0) is 22.4 Å². The molecule has 214 valence electrons. The number of ether oxygens (including phenoxy) is 2. The Morgan fingerprint density at radius 3 is 2.40 bits per heavy atom. The molecule has 0 saturated carbocycles. The SMILES string of the molecule is COc1ccc(CCN(C)C(=O)Cc2csc(NC(=O)CN(CC(C)C)C(=O)c3ccc(F)cc3)n2)cc1OC. The normalized spacial score (nSPS) is 10.8. The number of benzene rings is 2. The minimum atomic E-state index is -0.438. The average Bonchev–Trinajstić information content (AvgIpc) is 3.36. The Kier molecular flexibility index (Phi) is 11.0. The van der Waals surface area contributed by atoms with Gasteiger partial charge in [-0.1, -0.05) is 19.9 Å². The zero-order valence-electron chi connectivity index (χ0n) is 23.4. The number of carbonyl (C=O) groups excluding carboxylic acids is 3. The van der Waals surface area contributed by atoms with Crippen molar-refractivity contribution in [3.05, 3.63) is 70.5 Å². The first kappa shape index (κ1) is 30.6. The van der Waals surface area contributed by atoms with Crippen molar-refractivity contribution in [1.29, 1.82) is 0 Å². The molecular weight excluding hydrogens is 535 g/mol. The lowest BCUT2D eigenvalue weighted by Gasteiger charge is -2.24. The van der Waals surface area contributed by atoms with Crippen LogP contribution in [0.3, 0.4) is 0 Å². The number of rotatable bonds is 13. The number of likely N-dealkylation sites (N-methyl/N-ethyl adjacent to an activating group) is 1. The summed E-state index contributed by atoms with van der Waals surface area (Å²) < 4.78 is 23.9. The number of hydrogen-bond donors (Lipinski definition) is 1. The maximum Gasteiger partial charge on any atom is 0.254 e. The fourth-order valence-corrected chi connectivity index (χ4v) is 4.69. The third-order valence-corrected chi connectivity index (χ3v) is 6.84. The van der Waals surface area contributed by atoms with Crippen molar-refractivity contribution in [3.63, 3.8) is 0 Å². The van der Waals surface area contributed by atoms with E-state index >= 15 is 0 Å². The Labute approximate surface area is 237 Å². The molecule has 0 aliphatic rings. The molecule has 0 bridgehead atoms. The maximum atomic E-state index is 13.3. The molecule has 3 aromatic rings. The maximum absolute atomic E-state index is 13.3. The lowest BCUT2D eigenvalue weighted by molar-refractivity contribution is -0.129. The van der Waals surface area contributed by atoms with Gasteiger partial charge in [0.05, 0.1) is 26.3 Å². The van der Waals surface area contributed by atoms with Gasteiger partial charge in [-0.05, 0) is 54.3 Å². The highest BCUT2D eigenvalue weighted by atomic mass is 32.1. The quantitative estimate of drug-likeness (QED) is 0.329. The average molecular weight is 571 g/mol. The summed E-state index contributed by atoms with van der Waals surface area (Å²) in [5.74, 6) is 0.107. The molecule has 2 aromatic carbocycles. The zero-order valence-corrected chi connectivity index (χ0v) is 24.2. The van der Waals surface area contributed by atoms with Gasteiger partial charge in [-0.25, -0.2) is 9.37 Å². The van der Waals surface area contributed by atoms with Crippen LogP contribution in [0.5, 0.6) is 11.5 Å². The topological polar surface area (TPSA) is 101 Å².